The summed E-state index contributed by atoms with van der Waals surface area (Å²) in [5.41, 5.74) is 1.34. The number of benzene rings is 1. The van der Waals surface area contributed by atoms with Crippen LogP contribution in [0.25, 0.3) is 11.5 Å². The number of ether oxygens (including phenoxy) is 1. The number of amides is 1. The zero-order valence-corrected chi connectivity index (χ0v) is 12.7. The summed E-state index contributed by atoms with van der Waals surface area (Å²) in [4.78, 5) is 12.2. The number of para-hydroxylation sites is 1. The maximum absolute atomic E-state index is 12.2. The van der Waals surface area contributed by atoms with Crippen LogP contribution < -0.4 is 5.32 Å². The Morgan fingerprint density at radius 3 is 2.86 bits per heavy atom. The van der Waals surface area contributed by atoms with Crippen molar-refractivity contribution in [2.75, 3.05) is 11.9 Å². The minimum absolute atomic E-state index is 0.177. The molecule has 1 saturated carbocycles. The Morgan fingerprint density at radius 1 is 1.41 bits per heavy atom. The SMILES string of the molecule is Cc1nnc(-c2ccccc2NC(=O)C(C)OCC2CC2)o1. The van der Waals surface area contributed by atoms with Crippen molar-refractivity contribution in [2.24, 2.45) is 5.92 Å². The van der Waals surface area contributed by atoms with Gasteiger partial charge in [0.2, 0.25) is 11.8 Å². The summed E-state index contributed by atoms with van der Waals surface area (Å²) < 4.78 is 11.0. The van der Waals surface area contributed by atoms with Gasteiger partial charge in [-0.25, -0.2) is 0 Å². The van der Waals surface area contributed by atoms with Gasteiger partial charge in [0.05, 0.1) is 17.9 Å². The Hall–Kier alpha value is -2.21. The molecule has 6 heteroatoms. The number of carbonyl (C=O) groups excluding carboxylic acids is 1. The summed E-state index contributed by atoms with van der Waals surface area (Å²) in [6.45, 7) is 4.14. The Bertz CT molecular complexity index is 664. The number of hydrogen-bond donors (Lipinski definition) is 1. The van der Waals surface area contributed by atoms with E-state index in [9.17, 15) is 4.79 Å². The molecule has 1 aromatic carbocycles. The van der Waals surface area contributed by atoms with Gasteiger partial charge in [-0.1, -0.05) is 12.1 Å². The Kier molecular flexibility index (Phi) is 4.20. The number of hydrogen-bond acceptors (Lipinski definition) is 5. The highest BCUT2D eigenvalue weighted by Gasteiger charge is 2.24. The van der Waals surface area contributed by atoms with Crippen LogP contribution in [0.2, 0.25) is 0 Å². The van der Waals surface area contributed by atoms with E-state index < -0.39 is 6.10 Å². The first-order valence-corrected chi connectivity index (χ1v) is 7.45. The summed E-state index contributed by atoms with van der Waals surface area (Å²) in [7, 11) is 0. The average molecular weight is 301 g/mol. The molecule has 1 aliphatic rings. The molecule has 2 aromatic rings. The van der Waals surface area contributed by atoms with Crippen LogP contribution in [0.1, 0.15) is 25.7 Å². The molecular weight excluding hydrogens is 282 g/mol. The van der Waals surface area contributed by atoms with Crippen LogP contribution in [0.3, 0.4) is 0 Å². The van der Waals surface area contributed by atoms with E-state index in [1.54, 1.807) is 19.9 Å². The van der Waals surface area contributed by atoms with Crippen molar-refractivity contribution >= 4 is 11.6 Å². The van der Waals surface area contributed by atoms with Gasteiger partial charge in [0.15, 0.2) is 0 Å². The first-order valence-electron chi connectivity index (χ1n) is 7.45. The van der Waals surface area contributed by atoms with E-state index in [0.717, 1.165) is 0 Å². The van der Waals surface area contributed by atoms with Crippen molar-refractivity contribution < 1.29 is 13.9 Å². The molecule has 1 atom stereocenters. The number of rotatable bonds is 6. The number of anilines is 1. The lowest BCUT2D eigenvalue weighted by Gasteiger charge is -2.14. The fraction of sp³-hybridized carbons (Fsp3) is 0.438. The second-order valence-corrected chi connectivity index (χ2v) is 5.58. The number of nitrogens with one attached hydrogen (secondary N) is 1. The van der Waals surface area contributed by atoms with E-state index in [2.05, 4.69) is 15.5 Å². The molecule has 1 heterocycles. The van der Waals surface area contributed by atoms with Crippen molar-refractivity contribution in [3.8, 4) is 11.5 Å². The molecule has 116 valence electrons. The van der Waals surface area contributed by atoms with Crippen molar-refractivity contribution in [1.29, 1.82) is 0 Å². The summed E-state index contributed by atoms with van der Waals surface area (Å²) in [5, 5.41) is 10.7. The topological polar surface area (TPSA) is 77.2 Å². The van der Waals surface area contributed by atoms with Crippen LogP contribution in [0, 0.1) is 12.8 Å². The fourth-order valence-electron chi connectivity index (χ4n) is 2.06. The third-order valence-corrected chi connectivity index (χ3v) is 3.59. The number of aryl methyl sites for hydroxylation is 1. The smallest absolute Gasteiger partial charge is 0.253 e. The van der Waals surface area contributed by atoms with Crippen molar-refractivity contribution in [3.05, 3.63) is 30.2 Å². The summed E-state index contributed by atoms with van der Waals surface area (Å²) >= 11 is 0. The molecule has 1 N–H and O–H groups in total. The van der Waals surface area contributed by atoms with E-state index in [0.29, 0.717) is 35.6 Å². The normalized spacial score (nSPS) is 15.5. The number of carbonyl (C=O) groups is 1. The van der Waals surface area contributed by atoms with Crippen LogP contribution in [0.4, 0.5) is 5.69 Å². The first-order chi connectivity index (χ1) is 10.6. The summed E-state index contributed by atoms with van der Waals surface area (Å²) in [6.07, 6.45) is 1.92. The molecule has 6 nitrogen and oxygen atoms in total. The average Bonchev–Trinajstić information content (AvgIpc) is 3.25. The molecular formula is C16H19N3O3. The predicted molar refractivity (Wildman–Crippen MR) is 81.2 cm³/mol. The largest absolute Gasteiger partial charge is 0.421 e. The van der Waals surface area contributed by atoms with Gasteiger partial charge >= 0.3 is 0 Å². The molecule has 0 bridgehead atoms. The molecule has 0 aliphatic heterocycles. The monoisotopic (exact) mass is 301 g/mol. The van der Waals surface area contributed by atoms with Gasteiger partial charge in [-0.3, -0.25) is 4.79 Å². The van der Waals surface area contributed by atoms with Crippen LogP contribution in [-0.4, -0.2) is 28.8 Å². The predicted octanol–water partition coefficient (Wildman–Crippen LogP) is 2.80. The molecule has 3 rings (SSSR count). The lowest BCUT2D eigenvalue weighted by atomic mass is 10.1. The van der Waals surface area contributed by atoms with E-state index in [1.807, 2.05) is 18.2 Å². The van der Waals surface area contributed by atoms with E-state index in [-0.39, 0.29) is 5.91 Å². The molecule has 0 spiro atoms. The molecule has 22 heavy (non-hydrogen) atoms. The highest BCUT2D eigenvalue weighted by Crippen LogP contribution is 2.29. The van der Waals surface area contributed by atoms with Gasteiger partial charge < -0.3 is 14.5 Å². The summed E-state index contributed by atoms with van der Waals surface area (Å²) in [6, 6.07) is 7.34. The van der Waals surface area contributed by atoms with Gasteiger partial charge in [0.1, 0.15) is 6.10 Å². The molecule has 1 fully saturated rings. The third kappa shape index (κ3) is 3.51. The zero-order chi connectivity index (χ0) is 15.5. The molecule has 0 saturated heterocycles. The van der Waals surface area contributed by atoms with Crippen molar-refractivity contribution in [3.63, 3.8) is 0 Å². The quantitative estimate of drug-likeness (QED) is 0.887. The zero-order valence-electron chi connectivity index (χ0n) is 12.7. The van der Waals surface area contributed by atoms with Gasteiger partial charge in [0.25, 0.3) is 5.91 Å². The van der Waals surface area contributed by atoms with Gasteiger partial charge in [-0.05, 0) is 37.8 Å². The second kappa shape index (κ2) is 6.27. The van der Waals surface area contributed by atoms with Crippen molar-refractivity contribution in [2.45, 2.75) is 32.8 Å². The lowest BCUT2D eigenvalue weighted by molar-refractivity contribution is -0.126. The highest BCUT2D eigenvalue weighted by molar-refractivity contribution is 5.97. The minimum Gasteiger partial charge on any atom is -0.421 e. The van der Waals surface area contributed by atoms with Crippen LogP contribution >= 0.6 is 0 Å². The molecule has 1 aromatic heterocycles. The van der Waals surface area contributed by atoms with Gasteiger partial charge in [-0.2, -0.15) is 0 Å². The number of nitrogens with zero attached hydrogens (tertiary/aromatic N) is 2. The molecule has 0 radical (unpaired) electrons. The van der Waals surface area contributed by atoms with Gasteiger partial charge in [-0.15, -0.1) is 10.2 Å². The van der Waals surface area contributed by atoms with E-state index >= 15 is 0 Å². The van der Waals surface area contributed by atoms with E-state index in [4.69, 9.17) is 9.15 Å². The minimum atomic E-state index is -0.488. The maximum atomic E-state index is 12.2. The third-order valence-electron chi connectivity index (χ3n) is 3.59. The Labute approximate surface area is 128 Å². The van der Waals surface area contributed by atoms with Crippen LogP contribution in [0.15, 0.2) is 28.7 Å². The highest BCUT2D eigenvalue weighted by atomic mass is 16.5. The first kappa shape index (κ1) is 14.7. The molecule has 1 amide bonds. The Morgan fingerprint density at radius 2 is 2.18 bits per heavy atom. The standard InChI is InChI=1S/C16H19N3O3/c1-10(21-9-12-7-8-12)15(20)17-14-6-4-3-5-13(14)16-19-18-11(2)22-16/h3-6,10,12H,7-9H2,1-2H3,(H,17,20). The lowest BCUT2D eigenvalue weighted by Crippen LogP contribution is -2.28. The van der Waals surface area contributed by atoms with Crippen LogP contribution in [-0.2, 0) is 9.53 Å². The summed E-state index contributed by atoms with van der Waals surface area (Å²) in [5.74, 6) is 1.32. The van der Waals surface area contributed by atoms with E-state index in [1.165, 1.54) is 12.8 Å². The number of aromatic nitrogens is 2. The van der Waals surface area contributed by atoms with Gasteiger partial charge in [0, 0.05) is 6.92 Å². The van der Waals surface area contributed by atoms with Crippen molar-refractivity contribution in [1.82, 2.24) is 10.2 Å². The molecule has 1 aliphatic carbocycles. The maximum Gasteiger partial charge on any atom is 0.253 e. The Balaban J connectivity index is 1.70. The fourth-order valence-corrected chi connectivity index (χ4v) is 2.06. The second-order valence-electron chi connectivity index (χ2n) is 5.58. The molecule has 1 unspecified atom stereocenters. The van der Waals surface area contributed by atoms with Crippen LogP contribution in [0.5, 0.6) is 0 Å².